The number of hydrogen-bond acceptors (Lipinski definition) is 5. The van der Waals surface area contributed by atoms with E-state index in [-0.39, 0.29) is 23.5 Å². The minimum absolute atomic E-state index is 0.0217. The molecule has 1 aromatic heterocycles. The number of rotatable bonds is 3. The average molecular weight is 269 g/mol. The molecule has 1 atom stereocenters. The smallest absolute Gasteiger partial charge is 0.254 e. The van der Waals surface area contributed by atoms with Crippen LogP contribution in [-0.2, 0) is 16.3 Å². The number of nitrogens with zero attached hydrogens (tertiary/aromatic N) is 2. The number of aryl methyl sites for hydroxylation is 1. The Morgan fingerprint density at radius 1 is 1.56 bits per heavy atom. The summed E-state index contributed by atoms with van der Waals surface area (Å²) in [4.78, 5) is 19.9. The zero-order valence-electron chi connectivity index (χ0n) is 10.1. The number of aromatic nitrogens is 2. The van der Waals surface area contributed by atoms with Crippen LogP contribution in [-0.4, -0.2) is 41.8 Å². The Bertz CT molecular complexity index is 556. The van der Waals surface area contributed by atoms with Crippen molar-refractivity contribution in [2.75, 3.05) is 11.5 Å². The predicted octanol–water partition coefficient (Wildman–Crippen LogP) is -0.0441. The van der Waals surface area contributed by atoms with Crippen molar-refractivity contribution in [3.05, 3.63) is 23.8 Å². The second-order valence-corrected chi connectivity index (χ2v) is 6.54. The Labute approximate surface area is 106 Å². The van der Waals surface area contributed by atoms with Gasteiger partial charge in [-0.05, 0) is 12.8 Å². The van der Waals surface area contributed by atoms with Gasteiger partial charge in [0.05, 0.1) is 22.8 Å². The Hall–Kier alpha value is -1.50. The molecule has 0 saturated carbocycles. The molecule has 7 heteroatoms. The summed E-state index contributed by atoms with van der Waals surface area (Å²) in [5.41, 5.74) is 1.09. The Kier molecular flexibility index (Phi) is 3.60. The van der Waals surface area contributed by atoms with Crippen molar-refractivity contribution in [2.45, 2.75) is 25.8 Å². The fourth-order valence-electron chi connectivity index (χ4n) is 2.00. The molecule has 1 fully saturated rings. The summed E-state index contributed by atoms with van der Waals surface area (Å²) in [7, 11) is -2.98. The van der Waals surface area contributed by atoms with Crippen LogP contribution in [0.5, 0.6) is 0 Å². The molecule has 2 rings (SSSR count). The summed E-state index contributed by atoms with van der Waals surface area (Å²) < 4.78 is 22.6. The van der Waals surface area contributed by atoms with Gasteiger partial charge in [-0.25, -0.2) is 18.4 Å². The fraction of sp³-hybridized carbons (Fsp3) is 0.545. The first kappa shape index (κ1) is 12.9. The van der Waals surface area contributed by atoms with Crippen LogP contribution in [0, 0.1) is 0 Å². The van der Waals surface area contributed by atoms with Crippen LogP contribution in [0.2, 0.25) is 0 Å². The summed E-state index contributed by atoms with van der Waals surface area (Å²) in [5.74, 6) is -0.132. The van der Waals surface area contributed by atoms with Gasteiger partial charge in [0, 0.05) is 12.2 Å². The van der Waals surface area contributed by atoms with E-state index in [9.17, 15) is 13.2 Å². The van der Waals surface area contributed by atoms with Gasteiger partial charge in [-0.15, -0.1) is 0 Å². The molecule has 6 nitrogen and oxygen atoms in total. The topological polar surface area (TPSA) is 89.0 Å². The quantitative estimate of drug-likeness (QED) is 0.831. The maximum absolute atomic E-state index is 12.0. The van der Waals surface area contributed by atoms with E-state index in [0.717, 1.165) is 0 Å². The molecule has 1 saturated heterocycles. The van der Waals surface area contributed by atoms with E-state index in [1.165, 1.54) is 12.5 Å². The van der Waals surface area contributed by atoms with Gasteiger partial charge < -0.3 is 5.32 Å². The van der Waals surface area contributed by atoms with Crippen molar-refractivity contribution in [1.82, 2.24) is 15.3 Å². The Morgan fingerprint density at radius 3 is 2.94 bits per heavy atom. The first-order valence-electron chi connectivity index (χ1n) is 5.82. The van der Waals surface area contributed by atoms with Crippen LogP contribution < -0.4 is 5.32 Å². The molecule has 1 aromatic rings. The van der Waals surface area contributed by atoms with E-state index in [1.54, 1.807) is 0 Å². The second kappa shape index (κ2) is 5.01. The maximum Gasteiger partial charge on any atom is 0.254 e. The lowest BCUT2D eigenvalue weighted by molar-refractivity contribution is 0.0939. The molecule has 1 aliphatic rings. The first-order valence-corrected chi connectivity index (χ1v) is 7.64. The standard InChI is InChI=1S/C11H15N3O3S/c1-2-10-9(5-12-7-13-10)11(15)14-8-3-4-18(16,17)6-8/h5,7-8H,2-4,6H2,1H3,(H,14,15). The van der Waals surface area contributed by atoms with Crippen LogP contribution in [0.4, 0.5) is 0 Å². The summed E-state index contributed by atoms with van der Waals surface area (Å²) in [6.07, 6.45) is 3.97. The third-order valence-corrected chi connectivity index (χ3v) is 4.71. The monoisotopic (exact) mass is 269 g/mol. The third-order valence-electron chi connectivity index (χ3n) is 2.94. The lowest BCUT2D eigenvalue weighted by Gasteiger charge is -2.11. The molecule has 0 aliphatic carbocycles. The van der Waals surface area contributed by atoms with E-state index >= 15 is 0 Å². The zero-order valence-corrected chi connectivity index (χ0v) is 10.9. The van der Waals surface area contributed by atoms with Crippen LogP contribution in [0.15, 0.2) is 12.5 Å². The van der Waals surface area contributed by atoms with Gasteiger partial charge in [0.15, 0.2) is 9.84 Å². The van der Waals surface area contributed by atoms with Crippen molar-refractivity contribution in [3.63, 3.8) is 0 Å². The highest BCUT2D eigenvalue weighted by Crippen LogP contribution is 2.12. The summed E-state index contributed by atoms with van der Waals surface area (Å²) in [6.45, 7) is 1.90. The normalized spacial score (nSPS) is 21.7. The summed E-state index contributed by atoms with van der Waals surface area (Å²) in [6, 6.07) is -0.299. The Morgan fingerprint density at radius 2 is 2.33 bits per heavy atom. The van der Waals surface area contributed by atoms with E-state index in [2.05, 4.69) is 15.3 Å². The SMILES string of the molecule is CCc1ncncc1C(=O)NC1CCS(=O)(=O)C1. The van der Waals surface area contributed by atoms with Crippen molar-refractivity contribution in [1.29, 1.82) is 0 Å². The maximum atomic E-state index is 12.0. The number of carbonyl (C=O) groups is 1. The molecular weight excluding hydrogens is 254 g/mol. The van der Waals surface area contributed by atoms with Crippen molar-refractivity contribution in [2.24, 2.45) is 0 Å². The molecule has 1 aliphatic heterocycles. The lowest BCUT2D eigenvalue weighted by atomic mass is 10.1. The van der Waals surface area contributed by atoms with Crippen molar-refractivity contribution in [3.8, 4) is 0 Å². The molecule has 1 amide bonds. The van der Waals surface area contributed by atoms with Crippen molar-refractivity contribution < 1.29 is 13.2 Å². The molecular formula is C11H15N3O3S. The predicted molar refractivity (Wildman–Crippen MR) is 65.9 cm³/mol. The lowest BCUT2D eigenvalue weighted by Crippen LogP contribution is -2.36. The van der Waals surface area contributed by atoms with Crippen LogP contribution in [0.25, 0.3) is 0 Å². The van der Waals surface area contributed by atoms with Crippen LogP contribution in [0.1, 0.15) is 29.4 Å². The summed E-state index contributed by atoms with van der Waals surface area (Å²) in [5, 5.41) is 2.73. The number of amides is 1. The van der Waals surface area contributed by atoms with Gasteiger partial charge in [0.1, 0.15) is 6.33 Å². The number of hydrogen-bond donors (Lipinski definition) is 1. The largest absolute Gasteiger partial charge is 0.348 e. The highest BCUT2D eigenvalue weighted by molar-refractivity contribution is 7.91. The minimum Gasteiger partial charge on any atom is -0.348 e. The van der Waals surface area contributed by atoms with E-state index < -0.39 is 9.84 Å². The molecule has 0 radical (unpaired) electrons. The zero-order chi connectivity index (χ0) is 13.2. The number of carbonyl (C=O) groups excluding carboxylic acids is 1. The molecule has 0 aromatic carbocycles. The fourth-order valence-corrected chi connectivity index (χ4v) is 3.67. The van der Waals surface area contributed by atoms with Gasteiger partial charge in [0.25, 0.3) is 5.91 Å². The van der Waals surface area contributed by atoms with Crippen LogP contribution in [0.3, 0.4) is 0 Å². The van der Waals surface area contributed by atoms with E-state index in [1.807, 2.05) is 6.92 Å². The summed E-state index contributed by atoms with van der Waals surface area (Å²) >= 11 is 0. The van der Waals surface area contributed by atoms with Crippen molar-refractivity contribution >= 4 is 15.7 Å². The number of nitrogens with one attached hydrogen (secondary N) is 1. The average Bonchev–Trinajstić information content (AvgIpc) is 2.68. The van der Waals surface area contributed by atoms with Crippen LogP contribution >= 0.6 is 0 Å². The molecule has 2 heterocycles. The van der Waals surface area contributed by atoms with Gasteiger partial charge in [-0.2, -0.15) is 0 Å². The molecule has 98 valence electrons. The van der Waals surface area contributed by atoms with Gasteiger partial charge in [-0.1, -0.05) is 6.92 Å². The first-order chi connectivity index (χ1) is 8.52. The highest BCUT2D eigenvalue weighted by Gasteiger charge is 2.29. The van der Waals surface area contributed by atoms with Gasteiger partial charge >= 0.3 is 0 Å². The van der Waals surface area contributed by atoms with E-state index in [0.29, 0.717) is 24.1 Å². The molecule has 1 unspecified atom stereocenters. The van der Waals surface area contributed by atoms with Gasteiger partial charge in [0.2, 0.25) is 0 Å². The molecule has 18 heavy (non-hydrogen) atoms. The third kappa shape index (κ3) is 2.84. The molecule has 1 N–H and O–H groups in total. The van der Waals surface area contributed by atoms with Gasteiger partial charge in [-0.3, -0.25) is 4.79 Å². The second-order valence-electron chi connectivity index (χ2n) is 4.31. The van der Waals surface area contributed by atoms with E-state index in [4.69, 9.17) is 0 Å². The number of sulfone groups is 1. The highest BCUT2D eigenvalue weighted by atomic mass is 32.2. The Balaban J connectivity index is 2.09. The minimum atomic E-state index is -2.98. The molecule has 0 bridgehead atoms. The molecule has 0 spiro atoms.